The molecule has 0 aliphatic carbocycles. The summed E-state index contributed by atoms with van der Waals surface area (Å²) < 4.78 is 7.73. The molecule has 7 heteroatoms. The van der Waals surface area contributed by atoms with Gasteiger partial charge in [0.2, 0.25) is 0 Å². The first-order chi connectivity index (χ1) is 14.7. The molecule has 5 rings (SSSR count). The molecule has 2 atom stereocenters. The normalized spacial score (nSPS) is 18.6. The van der Waals surface area contributed by atoms with Crippen molar-refractivity contribution in [2.24, 2.45) is 0 Å². The lowest BCUT2D eigenvalue weighted by molar-refractivity contribution is 0.280. The molecular weight excluding hydrogens is 394 g/mol. The average Bonchev–Trinajstić information content (AvgIpc) is 3.51. The van der Waals surface area contributed by atoms with Crippen LogP contribution >= 0.6 is 12.2 Å². The van der Waals surface area contributed by atoms with Crippen molar-refractivity contribution in [3.8, 4) is 5.82 Å². The first kappa shape index (κ1) is 18.6. The molecule has 4 aromatic heterocycles. The zero-order valence-corrected chi connectivity index (χ0v) is 17.3. The molecule has 150 valence electrons. The number of pyridine rings is 2. The lowest BCUT2D eigenvalue weighted by Gasteiger charge is -2.28. The van der Waals surface area contributed by atoms with E-state index in [0.29, 0.717) is 11.7 Å². The van der Waals surface area contributed by atoms with Gasteiger partial charge in [0.05, 0.1) is 30.6 Å². The number of nitrogens with zero attached hydrogens (tertiary/aromatic N) is 4. The van der Waals surface area contributed by atoms with Crippen molar-refractivity contribution in [3.63, 3.8) is 0 Å². The quantitative estimate of drug-likeness (QED) is 0.489. The molecule has 0 radical (unpaired) electrons. The van der Waals surface area contributed by atoms with Gasteiger partial charge < -0.3 is 19.2 Å². The maximum absolute atomic E-state index is 5.74. The summed E-state index contributed by atoms with van der Waals surface area (Å²) in [5, 5.41) is 4.16. The van der Waals surface area contributed by atoms with Gasteiger partial charge in [0.25, 0.3) is 0 Å². The Morgan fingerprint density at radius 2 is 2.00 bits per heavy atom. The van der Waals surface area contributed by atoms with E-state index in [1.54, 1.807) is 6.26 Å². The molecule has 0 saturated carbocycles. The second-order valence-corrected chi connectivity index (χ2v) is 7.72. The van der Waals surface area contributed by atoms with Crippen LogP contribution in [0.15, 0.2) is 83.9 Å². The van der Waals surface area contributed by atoms with Crippen LogP contribution in [0, 0.1) is 6.92 Å². The monoisotopic (exact) mass is 415 g/mol. The van der Waals surface area contributed by atoms with Crippen LogP contribution in [0.3, 0.4) is 0 Å². The number of hydrogen-bond acceptors (Lipinski definition) is 4. The zero-order chi connectivity index (χ0) is 20.5. The number of aryl methyl sites for hydroxylation is 1. The van der Waals surface area contributed by atoms with Crippen LogP contribution in [0.5, 0.6) is 0 Å². The Labute approximate surface area is 180 Å². The molecule has 0 spiro atoms. The van der Waals surface area contributed by atoms with Gasteiger partial charge in [-0.25, -0.2) is 4.98 Å². The lowest BCUT2D eigenvalue weighted by atomic mass is 10.0. The first-order valence-corrected chi connectivity index (χ1v) is 10.2. The predicted octanol–water partition coefficient (Wildman–Crippen LogP) is 4.34. The second-order valence-electron chi connectivity index (χ2n) is 7.33. The van der Waals surface area contributed by atoms with Crippen LogP contribution in [0.2, 0.25) is 0 Å². The number of furan rings is 1. The summed E-state index contributed by atoms with van der Waals surface area (Å²) in [5.41, 5.74) is 3.15. The molecule has 4 aromatic rings. The predicted molar refractivity (Wildman–Crippen MR) is 118 cm³/mol. The van der Waals surface area contributed by atoms with E-state index in [2.05, 4.69) is 36.9 Å². The van der Waals surface area contributed by atoms with E-state index in [1.807, 2.05) is 68.0 Å². The summed E-state index contributed by atoms with van der Waals surface area (Å²) >= 11 is 5.74. The highest BCUT2D eigenvalue weighted by molar-refractivity contribution is 7.80. The summed E-state index contributed by atoms with van der Waals surface area (Å²) in [4.78, 5) is 11.4. The lowest BCUT2D eigenvalue weighted by Crippen LogP contribution is -2.29. The summed E-state index contributed by atoms with van der Waals surface area (Å²) in [7, 11) is 0. The summed E-state index contributed by atoms with van der Waals surface area (Å²) in [6.07, 6.45) is 7.42. The number of nitrogens with one attached hydrogen (secondary N) is 1. The Morgan fingerprint density at radius 1 is 1.07 bits per heavy atom. The number of thiocarbonyl (C=S) groups is 1. The zero-order valence-electron chi connectivity index (χ0n) is 16.5. The summed E-state index contributed by atoms with van der Waals surface area (Å²) in [5.74, 6) is 1.73. The standard InChI is InChI=1S/C23H21N5OS/c1-16-9-10-20(25-14-16)27-12-4-8-19(27)22-21(18-7-2-3-11-24-18)26-23(30)28(22)15-17-6-5-13-29-17/h2-14,21-22H,15H2,1H3,(H,26,30). The minimum absolute atomic E-state index is 0.0735. The Hall–Kier alpha value is -3.45. The van der Waals surface area contributed by atoms with Crippen molar-refractivity contribution in [1.29, 1.82) is 0 Å². The second kappa shape index (κ2) is 7.76. The average molecular weight is 416 g/mol. The number of rotatable bonds is 5. The number of hydrogen-bond donors (Lipinski definition) is 1. The van der Waals surface area contributed by atoms with Crippen LogP contribution in [0.25, 0.3) is 5.82 Å². The fourth-order valence-corrected chi connectivity index (χ4v) is 4.22. The maximum atomic E-state index is 5.74. The Morgan fingerprint density at radius 3 is 2.73 bits per heavy atom. The maximum Gasteiger partial charge on any atom is 0.170 e. The van der Waals surface area contributed by atoms with Crippen molar-refractivity contribution in [2.45, 2.75) is 25.6 Å². The SMILES string of the molecule is Cc1ccc(-n2cccc2C2C(c3ccccn3)NC(=S)N2Cc2ccco2)nc1. The van der Waals surface area contributed by atoms with Crippen molar-refractivity contribution >= 4 is 17.3 Å². The Balaban J connectivity index is 1.60. The molecule has 5 heterocycles. The van der Waals surface area contributed by atoms with E-state index in [9.17, 15) is 0 Å². The minimum Gasteiger partial charge on any atom is -0.467 e. The fourth-order valence-electron chi connectivity index (χ4n) is 3.91. The largest absolute Gasteiger partial charge is 0.467 e. The van der Waals surface area contributed by atoms with Crippen LogP contribution in [0.4, 0.5) is 0 Å². The highest BCUT2D eigenvalue weighted by Crippen LogP contribution is 2.40. The Bertz CT molecular complexity index is 1140. The smallest absolute Gasteiger partial charge is 0.170 e. The van der Waals surface area contributed by atoms with Crippen molar-refractivity contribution < 1.29 is 4.42 Å². The molecule has 1 N–H and O–H groups in total. The molecule has 0 aromatic carbocycles. The summed E-state index contributed by atoms with van der Waals surface area (Å²) in [6, 6.07) is 17.9. The molecule has 2 unspecified atom stereocenters. The van der Waals surface area contributed by atoms with Gasteiger partial charge >= 0.3 is 0 Å². The van der Waals surface area contributed by atoms with E-state index in [4.69, 9.17) is 16.6 Å². The third-order valence-corrected chi connectivity index (χ3v) is 5.68. The number of aromatic nitrogens is 3. The fraction of sp³-hybridized carbons (Fsp3) is 0.174. The van der Waals surface area contributed by atoms with E-state index in [1.165, 1.54) is 0 Å². The van der Waals surface area contributed by atoms with Gasteiger partial charge in [-0.1, -0.05) is 12.1 Å². The van der Waals surface area contributed by atoms with E-state index in [-0.39, 0.29) is 12.1 Å². The van der Waals surface area contributed by atoms with Crippen molar-refractivity contribution in [2.75, 3.05) is 0 Å². The van der Waals surface area contributed by atoms with Gasteiger partial charge in [0, 0.05) is 24.3 Å². The molecule has 1 saturated heterocycles. The van der Waals surface area contributed by atoms with Gasteiger partial charge in [0.15, 0.2) is 5.11 Å². The molecule has 0 bridgehead atoms. The topological polar surface area (TPSA) is 59.1 Å². The first-order valence-electron chi connectivity index (χ1n) is 9.81. The van der Waals surface area contributed by atoms with E-state index < -0.39 is 0 Å². The highest BCUT2D eigenvalue weighted by atomic mass is 32.1. The van der Waals surface area contributed by atoms with Gasteiger partial charge in [-0.15, -0.1) is 0 Å². The van der Waals surface area contributed by atoms with Gasteiger partial charge in [0.1, 0.15) is 11.6 Å². The molecule has 1 aliphatic rings. The minimum atomic E-state index is -0.0900. The van der Waals surface area contributed by atoms with Gasteiger partial charge in [-0.05, 0) is 67.2 Å². The van der Waals surface area contributed by atoms with Crippen LogP contribution < -0.4 is 5.32 Å². The van der Waals surface area contributed by atoms with Crippen LogP contribution in [-0.2, 0) is 6.54 Å². The van der Waals surface area contributed by atoms with Crippen LogP contribution in [0.1, 0.15) is 34.8 Å². The van der Waals surface area contributed by atoms with Crippen LogP contribution in [-0.4, -0.2) is 24.5 Å². The van der Waals surface area contributed by atoms with Crippen molar-refractivity contribution in [1.82, 2.24) is 24.8 Å². The third-order valence-electron chi connectivity index (χ3n) is 5.33. The molecule has 30 heavy (non-hydrogen) atoms. The van der Waals surface area contributed by atoms with Crippen molar-refractivity contribution in [3.05, 3.63) is 102 Å². The Kier molecular flexibility index (Phi) is 4.80. The van der Waals surface area contributed by atoms with Gasteiger partial charge in [-0.2, -0.15) is 0 Å². The molecular formula is C23H21N5OS. The van der Waals surface area contributed by atoms with Gasteiger partial charge in [-0.3, -0.25) is 4.98 Å². The summed E-state index contributed by atoms with van der Waals surface area (Å²) in [6.45, 7) is 2.61. The molecule has 1 aliphatic heterocycles. The highest BCUT2D eigenvalue weighted by Gasteiger charge is 2.41. The van der Waals surface area contributed by atoms with E-state index in [0.717, 1.165) is 28.5 Å². The molecule has 1 fully saturated rings. The third kappa shape index (κ3) is 3.37. The molecule has 0 amide bonds. The molecule has 6 nitrogen and oxygen atoms in total. The van der Waals surface area contributed by atoms with E-state index >= 15 is 0 Å².